The second-order valence-corrected chi connectivity index (χ2v) is 7.57. The summed E-state index contributed by atoms with van der Waals surface area (Å²) < 4.78 is 11.6. The van der Waals surface area contributed by atoms with Crippen LogP contribution in [0.4, 0.5) is 0 Å². The smallest absolute Gasteiger partial charge is 0.120 e. The van der Waals surface area contributed by atoms with Crippen LogP contribution in [0.5, 0.6) is 5.75 Å². The van der Waals surface area contributed by atoms with E-state index in [0.29, 0.717) is 17.6 Å². The molecule has 2 heteroatoms. The van der Waals surface area contributed by atoms with E-state index in [-0.39, 0.29) is 0 Å². The molecule has 2 nitrogen and oxygen atoms in total. The Kier molecular flexibility index (Phi) is 3.37. The maximum atomic E-state index is 6.22. The fourth-order valence-corrected chi connectivity index (χ4v) is 3.44. The number of rotatable bonds is 3. The third kappa shape index (κ3) is 2.98. The van der Waals surface area contributed by atoms with Crippen molar-refractivity contribution in [3.8, 4) is 5.75 Å². The van der Waals surface area contributed by atoms with Gasteiger partial charge in [0.1, 0.15) is 11.9 Å². The summed E-state index contributed by atoms with van der Waals surface area (Å²) in [5, 5.41) is 2.52. The standard InChI is InChI=1S/C20H24O2/c1-20(2)9-7-17(8-10-20)22-18-6-5-14-11-16(19-13-21-19)4-3-15(14)12-18/h3-6,11-12,17,19H,7-10,13H2,1-2H3. The van der Waals surface area contributed by atoms with Crippen LogP contribution in [0.1, 0.15) is 51.2 Å². The minimum absolute atomic E-state index is 0.325. The summed E-state index contributed by atoms with van der Waals surface area (Å²) in [7, 11) is 0. The highest BCUT2D eigenvalue weighted by Gasteiger charge is 2.28. The summed E-state index contributed by atoms with van der Waals surface area (Å²) in [6.07, 6.45) is 5.56. The molecule has 2 aromatic carbocycles. The van der Waals surface area contributed by atoms with Crippen LogP contribution < -0.4 is 4.74 Å². The molecular weight excluding hydrogens is 272 g/mol. The fourth-order valence-electron chi connectivity index (χ4n) is 3.44. The first-order valence-corrected chi connectivity index (χ1v) is 8.41. The SMILES string of the molecule is CC1(C)CCC(Oc2ccc3cc(C4CO4)ccc3c2)CC1. The van der Waals surface area contributed by atoms with Crippen molar-refractivity contribution < 1.29 is 9.47 Å². The van der Waals surface area contributed by atoms with Gasteiger partial charge in [-0.15, -0.1) is 0 Å². The topological polar surface area (TPSA) is 21.8 Å². The van der Waals surface area contributed by atoms with Crippen molar-refractivity contribution in [3.63, 3.8) is 0 Å². The predicted octanol–water partition coefficient (Wildman–Crippen LogP) is 5.26. The maximum absolute atomic E-state index is 6.22. The van der Waals surface area contributed by atoms with E-state index in [1.165, 1.54) is 42.0 Å². The largest absolute Gasteiger partial charge is 0.490 e. The summed E-state index contributed by atoms with van der Waals surface area (Å²) in [5.74, 6) is 1.01. The minimum atomic E-state index is 0.325. The molecule has 2 aliphatic rings. The molecule has 1 aliphatic heterocycles. The Morgan fingerprint density at radius 3 is 2.41 bits per heavy atom. The molecule has 1 heterocycles. The zero-order chi connectivity index (χ0) is 15.2. The van der Waals surface area contributed by atoms with Gasteiger partial charge in [0.15, 0.2) is 0 Å². The average molecular weight is 296 g/mol. The van der Waals surface area contributed by atoms with Gasteiger partial charge < -0.3 is 9.47 Å². The molecule has 0 spiro atoms. The van der Waals surface area contributed by atoms with Crippen molar-refractivity contribution in [2.45, 2.75) is 51.7 Å². The summed E-state index contributed by atoms with van der Waals surface area (Å²) in [6, 6.07) is 13.0. The summed E-state index contributed by atoms with van der Waals surface area (Å²) in [6.45, 7) is 5.59. The molecule has 0 bridgehead atoms. The molecule has 1 saturated heterocycles. The van der Waals surface area contributed by atoms with E-state index in [1.807, 2.05) is 0 Å². The lowest BCUT2D eigenvalue weighted by Gasteiger charge is -2.34. The van der Waals surface area contributed by atoms with Gasteiger partial charge in [-0.25, -0.2) is 0 Å². The van der Waals surface area contributed by atoms with Gasteiger partial charge in [-0.1, -0.05) is 32.0 Å². The molecule has 0 N–H and O–H groups in total. The van der Waals surface area contributed by atoms with Crippen molar-refractivity contribution in [2.75, 3.05) is 6.61 Å². The third-order valence-electron chi connectivity index (χ3n) is 5.13. The monoisotopic (exact) mass is 296 g/mol. The first-order valence-electron chi connectivity index (χ1n) is 8.41. The number of hydrogen-bond acceptors (Lipinski definition) is 2. The van der Waals surface area contributed by atoms with Crippen molar-refractivity contribution in [1.82, 2.24) is 0 Å². The van der Waals surface area contributed by atoms with Gasteiger partial charge in [-0.3, -0.25) is 0 Å². The van der Waals surface area contributed by atoms with Gasteiger partial charge >= 0.3 is 0 Å². The highest BCUT2D eigenvalue weighted by molar-refractivity contribution is 5.84. The number of hydrogen-bond donors (Lipinski definition) is 0. The third-order valence-corrected chi connectivity index (χ3v) is 5.13. The van der Waals surface area contributed by atoms with Crippen LogP contribution in [0, 0.1) is 5.41 Å². The van der Waals surface area contributed by atoms with E-state index in [1.54, 1.807) is 0 Å². The number of ether oxygens (including phenoxy) is 2. The Morgan fingerprint density at radius 2 is 1.68 bits per heavy atom. The van der Waals surface area contributed by atoms with Gasteiger partial charge in [-0.2, -0.15) is 0 Å². The summed E-state index contributed by atoms with van der Waals surface area (Å²) in [4.78, 5) is 0. The zero-order valence-corrected chi connectivity index (χ0v) is 13.5. The molecule has 0 radical (unpaired) electrons. The molecule has 0 amide bonds. The molecule has 1 atom stereocenters. The lowest BCUT2D eigenvalue weighted by Crippen LogP contribution is -2.28. The van der Waals surface area contributed by atoms with E-state index in [2.05, 4.69) is 50.2 Å². The number of fused-ring (bicyclic) bond motifs is 1. The Labute approximate surface area is 132 Å². The highest BCUT2D eigenvalue weighted by atomic mass is 16.6. The van der Waals surface area contributed by atoms with Crippen LogP contribution in [0.25, 0.3) is 10.8 Å². The maximum Gasteiger partial charge on any atom is 0.120 e. The van der Waals surface area contributed by atoms with Gasteiger partial charge in [0.05, 0.1) is 12.7 Å². The summed E-state index contributed by atoms with van der Waals surface area (Å²) in [5.41, 5.74) is 1.78. The van der Waals surface area contributed by atoms with E-state index in [9.17, 15) is 0 Å². The molecule has 22 heavy (non-hydrogen) atoms. The molecule has 1 saturated carbocycles. The van der Waals surface area contributed by atoms with E-state index >= 15 is 0 Å². The Morgan fingerprint density at radius 1 is 1.00 bits per heavy atom. The van der Waals surface area contributed by atoms with Crippen LogP contribution in [-0.2, 0) is 4.74 Å². The highest BCUT2D eigenvalue weighted by Crippen LogP contribution is 2.37. The molecule has 4 rings (SSSR count). The summed E-state index contributed by atoms with van der Waals surface area (Å²) >= 11 is 0. The zero-order valence-electron chi connectivity index (χ0n) is 13.5. The van der Waals surface area contributed by atoms with Crippen molar-refractivity contribution in [1.29, 1.82) is 0 Å². The normalized spacial score (nSPS) is 24.4. The first kappa shape index (κ1) is 14.1. The lowest BCUT2D eigenvalue weighted by atomic mass is 9.76. The fraction of sp³-hybridized carbons (Fsp3) is 0.500. The van der Waals surface area contributed by atoms with Gasteiger partial charge in [-0.05, 0) is 65.6 Å². The lowest BCUT2D eigenvalue weighted by molar-refractivity contribution is 0.0989. The first-order chi connectivity index (χ1) is 10.6. The molecule has 116 valence electrons. The Hall–Kier alpha value is -1.54. The Bertz CT molecular complexity index is 675. The Balaban J connectivity index is 1.49. The van der Waals surface area contributed by atoms with Gasteiger partial charge in [0.25, 0.3) is 0 Å². The van der Waals surface area contributed by atoms with E-state index in [4.69, 9.17) is 9.47 Å². The molecular formula is C20H24O2. The van der Waals surface area contributed by atoms with Crippen molar-refractivity contribution in [2.24, 2.45) is 5.41 Å². The van der Waals surface area contributed by atoms with Crippen LogP contribution >= 0.6 is 0 Å². The van der Waals surface area contributed by atoms with Crippen LogP contribution in [-0.4, -0.2) is 12.7 Å². The second-order valence-electron chi connectivity index (χ2n) is 7.57. The number of epoxide rings is 1. The van der Waals surface area contributed by atoms with Gasteiger partial charge in [0.2, 0.25) is 0 Å². The molecule has 1 aliphatic carbocycles. The van der Waals surface area contributed by atoms with Crippen LogP contribution in [0.2, 0.25) is 0 Å². The second kappa shape index (κ2) is 5.27. The molecule has 2 aromatic rings. The quantitative estimate of drug-likeness (QED) is 0.721. The predicted molar refractivity (Wildman–Crippen MR) is 89.3 cm³/mol. The van der Waals surface area contributed by atoms with E-state index < -0.39 is 0 Å². The molecule has 0 aromatic heterocycles. The number of benzene rings is 2. The van der Waals surface area contributed by atoms with Gasteiger partial charge in [0, 0.05) is 0 Å². The minimum Gasteiger partial charge on any atom is -0.490 e. The van der Waals surface area contributed by atoms with Crippen molar-refractivity contribution >= 4 is 10.8 Å². The van der Waals surface area contributed by atoms with Crippen LogP contribution in [0.3, 0.4) is 0 Å². The van der Waals surface area contributed by atoms with E-state index in [0.717, 1.165) is 12.4 Å². The average Bonchev–Trinajstić information content (AvgIpc) is 3.34. The van der Waals surface area contributed by atoms with Crippen LogP contribution in [0.15, 0.2) is 36.4 Å². The molecule has 2 fully saturated rings. The molecule has 1 unspecified atom stereocenters. The van der Waals surface area contributed by atoms with Crippen molar-refractivity contribution in [3.05, 3.63) is 42.0 Å².